The molecule has 1 aliphatic rings. The van der Waals surface area contributed by atoms with Crippen LogP contribution in [0.1, 0.15) is 32.3 Å². The van der Waals surface area contributed by atoms with Gasteiger partial charge < -0.3 is 10.6 Å². The number of carbonyl (C=O) groups is 1. The van der Waals surface area contributed by atoms with E-state index >= 15 is 0 Å². The Morgan fingerprint density at radius 1 is 1.16 bits per heavy atom. The highest BCUT2D eigenvalue weighted by Crippen LogP contribution is 2.24. The Hall–Kier alpha value is -1.55. The van der Waals surface area contributed by atoms with Crippen LogP contribution >= 0.6 is 0 Å². The standard InChI is InChI=1S/C15H23N3O/c1-11(2)17-8-9-18(15(17)19)14-6-4-13(5-7-14)12(3)10-16/h4-7,11-12H,8-10,16H2,1-3H3. The van der Waals surface area contributed by atoms with E-state index in [0.29, 0.717) is 12.5 Å². The van der Waals surface area contributed by atoms with Crippen LogP contribution in [0.25, 0.3) is 0 Å². The van der Waals surface area contributed by atoms with Crippen LogP contribution in [-0.2, 0) is 0 Å². The molecule has 0 aliphatic carbocycles. The molecule has 104 valence electrons. The molecule has 1 aromatic carbocycles. The molecule has 4 heteroatoms. The summed E-state index contributed by atoms with van der Waals surface area (Å²) >= 11 is 0. The Morgan fingerprint density at radius 3 is 2.26 bits per heavy atom. The number of nitrogens with two attached hydrogens (primary N) is 1. The first-order valence-corrected chi connectivity index (χ1v) is 6.92. The summed E-state index contributed by atoms with van der Waals surface area (Å²) in [6, 6.07) is 8.53. The van der Waals surface area contributed by atoms with Gasteiger partial charge in [-0.05, 0) is 44.0 Å². The van der Waals surface area contributed by atoms with Gasteiger partial charge in [0.15, 0.2) is 0 Å². The summed E-state index contributed by atoms with van der Waals surface area (Å²) in [7, 11) is 0. The van der Waals surface area contributed by atoms with Crippen molar-refractivity contribution in [1.82, 2.24) is 4.90 Å². The van der Waals surface area contributed by atoms with Crippen molar-refractivity contribution in [3.05, 3.63) is 29.8 Å². The zero-order valence-corrected chi connectivity index (χ0v) is 12.0. The summed E-state index contributed by atoms with van der Waals surface area (Å²) in [5.41, 5.74) is 7.86. The maximum Gasteiger partial charge on any atom is 0.324 e. The van der Waals surface area contributed by atoms with Crippen molar-refractivity contribution in [2.75, 3.05) is 24.5 Å². The number of hydrogen-bond donors (Lipinski definition) is 1. The highest BCUT2D eigenvalue weighted by atomic mass is 16.2. The molecule has 0 saturated carbocycles. The summed E-state index contributed by atoms with van der Waals surface area (Å²) in [6.45, 7) is 8.42. The largest absolute Gasteiger partial charge is 0.330 e. The first-order valence-electron chi connectivity index (χ1n) is 6.92. The van der Waals surface area contributed by atoms with E-state index in [1.54, 1.807) is 0 Å². The average Bonchev–Trinajstić information content (AvgIpc) is 2.80. The van der Waals surface area contributed by atoms with Crippen LogP contribution in [-0.4, -0.2) is 36.6 Å². The van der Waals surface area contributed by atoms with Crippen molar-refractivity contribution >= 4 is 11.7 Å². The van der Waals surface area contributed by atoms with Crippen LogP contribution in [0.3, 0.4) is 0 Å². The van der Waals surface area contributed by atoms with Crippen molar-refractivity contribution in [2.24, 2.45) is 5.73 Å². The summed E-state index contributed by atoms with van der Waals surface area (Å²) < 4.78 is 0. The third-order valence-corrected chi connectivity index (χ3v) is 3.79. The minimum atomic E-state index is 0.106. The van der Waals surface area contributed by atoms with Crippen LogP contribution in [0.4, 0.5) is 10.5 Å². The molecule has 1 aliphatic heterocycles. The number of urea groups is 1. The smallest absolute Gasteiger partial charge is 0.324 e. The number of anilines is 1. The Labute approximate surface area is 115 Å². The average molecular weight is 261 g/mol. The molecule has 0 aromatic heterocycles. The third-order valence-electron chi connectivity index (χ3n) is 3.79. The van der Waals surface area contributed by atoms with Crippen LogP contribution < -0.4 is 10.6 Å². The number of nitrogens with zero attached hydrogens (tertiary/aromatic N) is 2. The van der Waals surface area contributed by atoms with Crippen molar-refractivity contribution in [1.29, 1.82) is 0 Å². The third kappa shape index (κ3) is 2.73. The molecular formula is C15H23N3O. The van der Waals surface area contributed by atoms with Crippen molar-refractivity contribution in [2.45, 2.75) is 32.7 Å². The summed E-state index contributed by atoms with van der Waals surface area (Å²) in [4.78, 5) is 16.0. The summed E-state index contributed by atoms with van der Waals surface area (Å²) in [5, 5.41) is 0. The molecule has 1 aromatic rings. The number of amides is 2. The fraction of sp³-hybridized carbons (Fsp3) is 0.533. The molecule has 1 heterocycles. The van der Waals surface area contributed by atoms with Crippen LogP contribution in [0, 0.1) is 0 Å². The van der Waals surface area contributed by atoms with Gasteiger partial charge >= 0.3 is 6.03 Å². The number of rotatable bonds is 4. The Morgan fingerprint density at radius 2 is 1.79 bits per heavy atom. The first kappa shape index (κ1) is 13.9. The molecule has 2 N–H and O–H groups in total. The first-order chi connectivity index (χ1) is 9.04. The number of benzene rings is 1. The Kier molecular flexibility index (Phi) is 4.10. The lowest BCUT2D eigenvalue weighted by atomic mass is 10.0. The highest BCUT2D eigenvalue weighted by molar-refractivity contribution is 5.94. The fourth-order valence-electron chi connectivity index (χ4n) is 2.39. The Bertz CT molecular complexity index is 441. The predicted octanol–water partition coefficient (Wildman–Crippen LogP) is 2.40. The zero-order valence-electron chi connectivity index (χ0n) is 12.0. The van der Waals surface area contributed by atoms with Crippen molar-refractivity contribution < 1.29 is 4.79 Å². The zero-order chi connectivity index (χ0) is 14.0. The second-order valence-corrected chi connectivity index (χ2v) is 5.45. The molecule has 2 rings (SSSR count). The van der Waals surface area contributed by atoms with E-state index in [4.69, 9.17) is 5.73 Å². The lowest BCUT2D eigenvalue weighted by Gasteiger charge is -2.22. The van der Waals surface area contributed by atoms with Crippen molar-refractivity contribution in [3.63, 3.8) is 0 Å². The van der Waals surface area contributed by atoms with Gasteiger partial charge in [0.2, 0.25) is 0 Å². The highest BCUT2D eigenvalue weighted by Gasteiger charge is 2.30. The van der Waals surface area contributed by atoms with E-state index in [0.717, 1.165) is 18.8 Å². The molecule has 1 atom stereocenters. The molecule has 2 amide bonds. The van der Waals surface area contributed by atoms with Crippen LogP contribution in [0.5, 0.6) is 0 Å². The quantitative estimate of drug-likeness (QED) is 0.904. The molecule has 1 unspecified atom stereocenters. The minimum absolute atomic E-state index is 0.106. The van der Waals surface area contributed by atoms with Gasteiger partial charge in [0.05, 0.1) is 0 Å². The van der Waals surface area contributed by atoms with Gasteiger partial charge in [-0.3, -0.25) is 4.90 Å². The number of carbonyl (C=O) groups excluding carboxylic acids is 1. The van der Waals surface area contributed by atoms with Gasteiger partial charge in [0.1, 0.15) is 0 Å². The fourth-order valence-corrected chi connectivity index (χ4v) is 2.39. The normalized spacial score (nSPS) is 17.4. The van der Waals surface area contributed by atoms with E-state index in [1.165, 1.54) is 5.56 Å². The van der Waals surface area contributed by atoms with E-state index in [2.05, 4.69) is 19.1 Å². The predicted molar refractivity (Wildman–Crippen MR) is 78.5 cm³/mol. The molecule has 4 nitrogen and oxygen atoms in total. The lowest BCUT2D eigenvalue weighted by Crippen LogP contribution is -2.36. The molecule has 0 radical (unpaired) electrons. The second-order valence-electron chi connectivity index (χ2n) is 5.45. The lowest BCUT2D eigenvalue weighted by molar-refractivity contribution is 0.209. The van der Waals surface area contributed by atoms with Gasteiger partial charge in [-0.2, -0.15) is 0 Å². The molecular weight excluding hydrogens is 238 g/mol. The van der Waals surface area contributed by atoms with Gasteiger partial charge in [-0.1, -0.05) is 19.1 Å². The SMILES string of the molecule is CC(CN)c1ccc(N2CCN(C(C)C)C2=O)cc1. The van der Waals surface area contributed by atoms with E-state index in [-0.39, 0.29) is 12.1 Å². The summed E-state index contributed by atoms with van der Waals surface area (Å²) in [5.74, 6) is 0.357. The van der Waals surface area contributed by atoms with Gasteiger partial charge in [0.25, 0.3) is 0 Å². The van der Waals surface area contributed by atoms with Crippen molar-refractivity contribution in [3.8, 4) is 0 Å². The monoisotopic (exact) mass is 261 g/mol. The maximum absolute atomic E-state index is 12.3. The number of hydrogen-bond acceptors (Lipinski definition) is 2. The van der Waals surface area contributed by atoms with E-state index in [1.807, 2.05) is 35.8 Å². The topological polar surface area (TPSA) is 49.6 Å². The van der Waals surface area contributed by atoms with Gasteiger partial charge in [-0.15, -0.1) is 0 Å². The molecule has 19 heavy (non-hydrogen) atoms. The molecule has 1 fully saturated rings. The van der Waals surface area contributed by atoms with Crippen LogP contribution in [0.2, 0.25) is 0 Å². The van der Waals surface area contributed by atoms with E-state index in [9.17, 15) is 4.79 Å². The molecule has 0 spiro atoms. The minimum Gasteiger partial charge on any atom is -0.330 e. The second kappa shape index (κ2) is 5.61. The molecule has 1 saturated heterocycles. The molecule has 0 bridgehead atoms. The maximum atomic E-state index is 12.3. The van der Waals surface area contributed by atoms with Crippen LogP contribution in [0.15, 0.2) is 24.3 Å². The Balaban J connectivity index is 2.13. The van der Waals surface area contributed by atoms with Gasteiger partial charge in [-0.25, -0.2) is 4.79 Å². The van der Waals surface area contributed by atoms with Gasteiger partial charge in [0, 0.05) is 24.8 Å². The summed E-state index contributed by atoms with van der Waals surface area (Å²) in [6.07, 6.45) is 0. The van der Waals surface area contributed by atoms with E-state index < -0.39 is 0 Å².